The fourth-order valence-electron chi connectivity index (χ4n) is 1.81. The van der Waals surface area contributed by atoms with E-state index in [0.717, 1.165) is 12.2 Å². The molecule has 0 heterocycles. The zero-order valence-electron chi connectivity index (χ0n) is 11.8. The smallest absolute Gasteiger partial charge is 0.0991 e. The van der Waals surface area contributed by atoms with Crippen LogP contribution in [0.5, 0.6) is 0 Å². The normalized spacial score (nSPS) is 10.4. The Bertz CT molecular complexity index is 597. The van der Waals surface area contributed by atoms with E-state index < -0.39 is 0 Å². The molecule has 0 unspecified atom stereocenters. The first kappa shape index (κ1) is 14.8. The van der Waals surface area contributed by atoms with E-state index in [1.54, 1.807) is 12.1 Å². The molecule has 106 valence electrons. The summed E-state index contributed by atoms with van der Waals surface area (Å²) in [6, 6.07) is 19.6. The van der Waals surface area contributed by atoms with Gasteiger partial charge in [0.1, 0.15) is 0 Å². The first-order valence-electron chi connectivity index (χ1n) is 6.89. The van der Waals surface area contributed by atoms with Gasteiger partial charge in [-0.1, -0.05) is 42.5 Å². The van der Waals surface area contributed by atoms with Crippen molar-refractivity contribution in [3.63, 3.8) is 0 Å². The Hall–Kier alpha value is -2.57. The van der Waals surface area contributed by atoms with Gasteiger partial charge in [0.2, 0.25) is 0 Å². The molecule has 0 bridgehead atoms. The largest absolute Gasteiger partial charge is 0.382 e. The van der Waals surface area contributed by atoms with Crippen LogP contribution in [-0.2, 0) is 11.3 Å². The highest BCUT2D eigenvalue weighted by molar-refractivity contribution is 5.47. The number of benzene rings is 2. The van der Waals surface area contributed by atoms with E-state index in [4.69, 9.17) is 10.00 Å². The molecule has 0 fully saturated rings. The van der Waals surface area contributed by atoms with Crippen molar-refractivity contribution in [2.45, 2.75) is 6.61 Å². The molecular weight excluding hydrogens is 260 g/mol. The molecule has 0 spiro atoms. The molecule has 2 aromatic rings. The van der Waals surface area contributed by atoms with Crippen molar-refractivity contribution in [3.8, 4) is 6.07 Å². The quantitative estimate of drug-likeness (QED) is 0.620. The van der Waals surface area contributed by atoms with Gasteiger partial charge < -0.3 is 10.1 Å². The van der Waals surface area contributed by atoms with Crippen LogP contribution in [0.4, 0.5) is 5.69 Å². The minimum atomic E-state index is 0.601. The summed E-state index contributed by atoms with van der Waals surface area (Å²) in [6.45, 7) is 1.97. The predicted molar refractivity (Wildman–Crippen MR) is 84.9 cm³/mol. The van der Waals surface area contributed by atoms with Crippen molar-refractivity contribution in [2.24, 2.45) is 0 Å². The monoisotopic (exact) mass is 278 g/mol. The zero-order chi connectivity index (χ0) is 14.8. The second-order valence-corrected chi connectivity index (χ2v) is 4.54. The van der Waals surface area contributed by atoms with Crippen molar-refractivity contribution >= 4 is 5.69 Å². The van der Waals surface area contributed by atoms with E-state index in [1.807, 2.05) is 42.5 Å². The minimum Gasteiger partial charge on any atom is -0.382 e. The molecule has 0 saturated heterocycles. The van der Waals surface area contributed by atoms with Gasteiger partial charge >= 0.3 is 0 Å². The van der Waals surface area contributed by atoms with Gasteiger partial charge in [-0.25, -0.2) is 0 Å². The maximum atomic E-state index is 8.71. The highest BCUT2D eigenvalue weighted by Gasteiger charge is 1.91. The van der Waals surface area contributed by atoms with Crippen LogP contribution in [0.1, 0.15) is 11.1 Å². The van der Waals surface area contributed by atoms with Crippen molar-refractivity contribution in [1.82, 2.24) is 0 Å². The summed E-state index contributed by atoms with van der Waals surface area (Å²) in [7, 11) is 0. The Kier molecular flexibility index (Phi) is 6.05. The molecule has 0 aliphatic carbocycles. The Balaban J connectivity index is 1.61. The van der Waals surface area contributed by atoms with Crippen LogP contribution >= 0.6 is 0 Å². The van der Waals surface area contributed by atoms with Crippen LogP contribution in [0.25, 0.3) is 0 Å². The molecular formula is C18H18N2O. The standard InChI is InChI=1S/C18H18N2O/c19-14-16-8-10-18(11-9-16)20-12-4-5-13-21-15-17-6-2-1-3-7-17/h1-11,20H,12-13,15H2/b5-4-. The first-order valence-corrected chi connectivity index (χ1v) is 6.89. The first-order chi connectivity index (χ1) is 10.4. The molecule has 3 heteroatoms. The topological polar surface area (TPSA) is 45.0 Å². The van der Waals surface area contributed by atoms with Crippen molar-refractivity contribution < 1.29 is 4.74 Å². The summed E-state index contributed by atoms with van der Waals surface area (Å²) in [5.41, 5.74) is 2.86. The SMILES string of the molecule is N#Cc1ccc(NC/C=C\COCc2ccccc2)cc1. The maximum Gasteiger partial charge on any atom is 0.0991 e. The molecule has 0 saturated carbocycles. The Morgan fingerprint density at radius 3 is 2.48 bits per heavy atom. The molecule has 1 N–H and O–H groups in total. The second kappa shape index (κ2) is 8.57. The van der Waals surface area contributed by atoms with Gasteiger partial charge in [-0.3, -0.25) is 0 Å². The average Bonchev–Trinajstić information content (AvgIpc) is 2.55. The van der Waals surface area contributed by atoms with E-state index in [0.29, 0.717) is 18.8 Å². The molecule has 0 atom stereocenters. The lowest BCUT2D eigenvalue weighted by atomic mass is 10.2. The Morgan fingerprint density at radius 2 is 1.76 bits per heavy atom. The second-order valence-electron chi connectivity index (χ2n) is 4.54. The van der Waals surface area contributed by atoms with Crippen molar-refractivity contribution in [1.29, 1.82) is 5.26 Å². The maximum absolute atomic E-state index is 8.71. The van der Waals surface area contributed by atoms with Gasteiger partial charge in [-0.05, 0) is 29.8 Å². The molecule has 21 heavy (non-hydrogen) atoms. The van der Waals surface area contributed by atoms with Gasteiger partial charge in [0, 0.05) is 12.2 Å². The minimum absolute atomic E-state index is 0.601. The number of ether oxygens (including phenoxy) is 1. The van der Waals surface area contributed by atoms with Gasteiger partial charge in [-0.2, -0.15) is 5.26 Å². The molecule has 2 aromatic carbocycles. The molecule has 0 amide bonds. The van der Waals surface area contributed by atoms with Gasteiger partial charge in [0.15, 0.2) is 0 Å². The highest BCUT2D eigenvalue weighted by atomic mass is 16.5. The number of rotatable bonds is 7. The average molecular weight is 278 g/mol. The van der Waals surface area contributed by atoms with E-state index in [1.165, 1.54) is 5.56 Å². The van der Waals surface area contributed by atoms with Crippen LogP contribution in [0.2, 0.25) is 0 Å². The number of nitrogens with one attached hydrogen (secondary N) is 1. The van der Waals surface area contributed by atoms with Crippen LogP contribution in [0, 0.1) is 11.3 Å². The third-order valence-electron chi connectivity index (χ3n) is 2.93. The van der Waals surface area contributed by atoms with E-state index in [2.05, 4.69) is 23.5 Å². The van der Waals surface area contributed by atoms with Crippen LogP contribution in [-0.4, -0.2) is 13.2 Å². The summed E-state index contributed by atoms with van der Waals surface area (Å²) < 4.78 is 5.55. The summed E-state index contributed by atoms with van der Waals surface area (Å²) in [4.78, 5) is 0. The van der Waals surface area contributed by atoms with Gasteiger partial charge in [0.25, 0.3) is 0 Å². The summed E-state index contributed by atoms with van der Waals surface area (Å²) >= 11 is 0. The number of hydrogen-bond acceptors (Lipinski definition) is 3. The molecule has 0 radical (unpaired) electrons. The van der Waals surface area contributed by atoms with Crippen LogP contribution < -0.4 is 5.32 Å². The fraction of sp³-hybridized carbons (Fsp3) is 0.167. The lowest BCUT2D eigenvalue weighted by Crippen LogP contribution is -1.99. The molecule has 2 rings (SSSR count). The molecule has 0 aromatic heterocycles. The highest BCUT2D eigenvalue weighted by Crippen LogP contribution is 2.08. The number of nitriles is 1. The van der Waals surface area contributed by atoms with E-state index in [-0.39, 0.29) is 0 Å². The third kappa shape index (κ3) is 5.52. The summed E-state index contributed by atoms with van der Waals surface area (Å²) in [5, 5.41) is 12.0. The van der Waals surface area contributed by atoms with Crippen LogP contribution in [0.3, 0.4) is 0 Å². The van der Waals surface area contributed by atoms with Crippen LogP contribution in [0.15, 0.2) is 66.7 Å². The molecule has 0 aliphatic heterocycles. The van der Waals surface area contributed by atoms with Gasteiger partial charge in [0.05, 0.1) is 24.8 Å². The fourth-order valence-corrected chi connectivity index (χ4v) is 1.81. The predicted octanol–water partition coefficient (Wildman–Crippen LogP) is 3.74. The van der Waals surface area contributed by atoms with Gasteiger partial charge in [-0.15, -0.1) is 0 Å². The zero-order valence-corrected chi connectivity index (χ0v) is 11.8. The molecule has 3 nitrogen and oxygen atoms in total. The summed E-state index contributed by atoms with van der Waals surface area (Å²) in [5.74, 6) is 0. The van der Waals surface area contributed by atoms with Crippen molar-refractivity contribution in [3.05, 3.63) is 77.9 Å². The van der Waals surface area contributed by atoms with E-state index >= 15 is 0 Å². The van der Waals surface area contributed by atoms with E-state index in [9.17, 15) is 0 Å². The summed E-state index contributed by atoms with van der Waals surface area (Å²) in [6.07, 6.45) is 4.03. The Labute approximate surface area is 125 Å². The van der Waals surface area contributed by atoms with Crippen molar-refractivity contribution in [2.75, 3.05) is 18.5 Å². The lowest BCUT2D eigenvalue weighted by Gasteiger charge is -2.03. The number of anilines is 1. The number of nitrogens with zero attached hydrogens (tertiary/aromatic N) is 1. The third-order valence-corrected chi connectivity index (χ3v) is 2.93. The lowest BCUT2D eigenvalue weighted by molar-refractivity contribution is 0.148. The number of hydrogen-bond donors (Lipinski definition) is 1. The molecule has 0 aliphatic rings. The Morgan fingerprint density at radius 1 is 1.00 bits per heavy atom.